The molecular formula is C20H24N6O. The molecule has 0 radical (unpaired) electrons. The monoisotopic (exact) mass is 364 g/mol. The van der Waals surface area contributed by atoms with Gasteiger partial charge >= 0.3 is 0 Å². The number of hydrogen-bond acceptors (Lipinski definition) is 6. The van der Waals surface area contributed by atoms with Crippen LogP contribution in [-0.4, -0.2) is 27.1 Å². The zero-order valence-electron chi connectivity index (χ0n) is 15.8. The molecule has 0 fully saturated rings. The first-order valence-electron chi connectivity index (χ1n) is 8.85. The van der Waals surface area contributed by atoms with Crippen molar-refractivity contribution in [2.24, 2.45) is 11.7 Å². The number of fused-ring (bicyclic) bond motifs is 1. The van der Waals surface area contributed by atoms with E-state index in [9.17, 15) is 5.26 Å². The molecule has 2 heterocycles. The molecule has 1 atom stereocenters. The molecule has 0 aliphatic heterocycles. The van der Waals surface area contributed by atoms with E-state index < -0.39 is 5.54 Å². The number of nitriles is 1. The first-order valence-corrected chi connectivity index (χ1v) is 8.85. The number of nitrogens with two attached hydrogens (primary N) is 2. The van der Waals surface area contributed by atoms with E-state index >= 15 is 0 Å². The molecule has 1 aromatic carbocycles. The van der Waals surface area contributed by atoms with Gasteiger partial charge in [-0.2, -0.15) is 5.26 Å². The molecule has 5 N–H and O–H groups in total. The molecule has 0 aliphatic rings. The van der Waals surface area contributed by atoms with Crippen LogP contribution < -0.4 is 16.2 Å². The van der Waals surface area contributed by atoms with E-state index in [0.29, 0.717) is 40.9 Å². The van der Waals surface area contributed by atoms with Crippen LogP contribution in [0.3, 0.4) is 0 Å². The number of anilines is 1. The van der Waals surface area contributed by atoms with Crippen molar-refractivity contribution in [2.75, 3.05) is 12.3 Å². The predicted molar refractivity (Wildman–Crippen MR) is 106 cm³/mol. The zero-order chi connectivity index (χ0) is 19.6. The molecule has 0 saturated heterocycles. The zero-order valence-corrected chi connectivity index (χ0v) is 15.8. The van der Waals surface area contributed by atoms with E-state index in [1.54, 1.807) is 18.3 Å². The van der Waals surface area contributed by atoms with Crippen LogP contribution in [0.2, 0.25) is 0 Å². The Morgan fingerprint density at radius 1 is 1.33 bits per heavy atom. The van der Waals surface area contributed by atoms with E-state index in [1.165, 1.54) is 0 Å². The van der Waals surface area contributed by atoms with Crippen LogP contribution in [0.4, 0.5) is 5.95 Å². The molecule has 7 heteroatoms. The third-order valence-corrected chi connectivity index (χ3v) is 4.25. The van der Waals surface area contributed by atoms with Gasteiger partial charge in [0.15, 0.2) is 11.6 Å². The number of pyridine rings is 1. The van der Waals surface area contributed by atoms with E-state index in [0.717, 1.165) is 17.5 Å². The first-order chi connectivity index (χ1) is 12.8. The summed E-state index contributed by atoms with van der Waals surface area (Å²) in [5, 5.41) is 9.57. The molecule has 0 aliphatic carbocycles. The van der Waals surface area contributed by atoms with Crippen LogP contribution >= 0.6 is 0 Å². The Labute approximate surface area is 158 Å². The summed E-state index contributed by atoms with van der Waals surface area (Å²) in [6, 6.07) is 9.52. The normalized spacial score (nSPS) is 13.5. The van der Waals surface area contributed by atoms with Crippen molar-refractivity contribution in [1.82, 2.24) is 15.0 Å². The number of ether oxygens (including phenoxy) is 1. The highest BCUT2D eigenvalue weighted by Gasteiger charge is 2.22. The molecule has 3 aromatic rings. The summed E-state index contributed by atoms with van der Waals surface area (Å²) in [7, 11) is 0. The Bertz CT molecular complexity index is 999. The second kappa shape index (κ2) is 7.25. The molecule has 0 amide bonds. The van der Waals surface area contributed by atoms with E-state index in [1.807, 2.05) is 19.1 Å². The van der Waals surface area contributed by atoms with Crippen molar-refractivity contribution in [3.63, 3.8) is 0 Å². The van der Waals surface area contributed by atoms with Gasteiger partial charge in [-0.25, -0.2) is 9.97 Å². The molecule has 0 spiro atoms. The number of rotatable bonds is 6. The maximum Gasteiger partial charge on any atom is 0.199 e. The van der Waals surface area contributed by atoms with Gasteiger partial charge < -0.3 is 21.2 Å². The van der Waals surface area contributed by atoms with Crippen LogP contribution in [0.15, 0.2) is 30.5 Å². The van der Waals surface area contributed by atoms with Crippen molar-refractivity contribution in [1.29, 1.82) is 5.26 Å². The molecule has 3 rings (SSSR count). The Kier molecular flexibility index (Phi) is 5.02. The summed E-state index contributed by atoms with van der Waals surface area (Å²) in [6.45, 7) is 6.55. The van der Waals surface area contributed by atoms with Gasteiger partial charge in [0, 0.05) is 17.3 Å². The largest absolute Gasteiger partial charge is 0.490 e. The second-order valence-electron chi connectivity index (χ2n) is 7.54. The number of aromatic nitrogens is 3. The Balaban J connectivity index is 1.89. The lowest BCUT2D eigenvalue weighted by Crippen LogP contribution is -2.43. The highest BCUT2D eigenvalue weighted by atomic mass is 16.5. The van der Waals surface area contributed by atoms with Crippen molar-refractivity contribution in [3.8, 4) is 22.9 Å². The van der Waals surface area contributed by atoms with Gasteiger partial charge in [-0.3, -0.25) is 0 Å². The highest BCUT2D eigenvalue weighted by Crippen LogP contribution is 2.30. The first kappa shape index (κ1) is 18.7. The molecule has 2 aromatic heterocycles. The van der Waals surface area contributed by atoms with Gasteiger partial charge in [-0.1, -0.05) is 19.9 Å². The molecule has 0 unspecified atom stereocenters. The number of benzene rings is 1. The van der Waals surface area contributed by atoms with Gasteiger partial charge in [0.1, 0.15) is 23.9 Å². The van der Waals surface area contributed by atoms with E-state index in [-0.39, 0.29) is 0 Å². The number of aromatic amines is 1. The van der Waals surface area contributed by atoms with Crippen LogP contribution in [-0.2, 0) is 0 Å². The van der Waals surface area contributed by atoms with Crippen LogP contribution in [0.25, 0.3) is 22.3 Å². The van der Waals surface area contributed by atoms with Gasteiger partial charge in [0.2, 0.25) is 0 Å². The molecule has 7 nitrogen and oxygen atoms in total. The Hall–Kier alpha value is -3.11. The van der Waals surface area contributed by atoms with Gasteiger partial charge in [0.25, 0.3) is 0 Å². The lowest BCUT2D eigenvalue weighted by Gasteiger charge is -2.26. The summed E-state index contributed by atoms with van der Waals surface area (Å²) in [5.41, 5.74) is 15.0. The van der Waals surface area contributed by atoms with Crippen molar-refractivity contribution >= 4 is 17.1 Å². The fourth-order valence-corrected chi connectivity index (χ4v) is 3.31. The standard InChI is InChI=1S/C20H24N6O/c1-12(2)9-20(3,23)11-27-16-5-4-13(8-14(16)10-21)15-6-7-24-18-17(15)25-19(22)26-18/h4-8,12H,9,11,23H2,1-3H3,(H3,22,24,25,26)/t20-/m0/s1. The number of nitrogens with one attached hydrogen (secondary N) is 1. The summed E-state index contributed by atoms with van der Waals surface area (Å²) < 4.78 is 5.87. The topological polar surface area (TPSA) is 127 Å². The van der Waals surface area contributed by atoms with Crippen molar-refractivity contribution in [2.45, 2.75) is 32.7 Å². The van der Waals surface area contributed by atoms with E-state index in [2.05, 4.69) is 34.9 Å². The summed E-state index contributed by atoms with van der Waals surface area (Å²) in [5.74, 6) is 1.29. The number of nitrogens with zero attached hydrogens (tertiary/aromatic N) is 3. The maximum absolute atomic E-state index is 9.57. The number of nitrogen functional groups attached to an aromatic ring is 1. The Morgan fingerprint density at radius 3 is 2.81 bits per heavy atom. The third-order valence-electron chi connectivity index (χ3n) is 4.25. The average molecular weight is 364 g/mol. The lowest BCUT2D eigenvalue weighted by atomic mass is 9.93. The SMILES string of the molecule is CC(C)C[C@](C)(N)COc1ccc(-c2ccnc3[nH]c(N)nc23)cc1C#N. The average Bonchev–Trinajstić information content (AvgIpc) is 2.99. The number of imidazole rings is 1. The lowest BCUT2D eigenvalue weighted by molar-refractivity contribution is 0.206. The predicted octanol–water partition coefficient (Wildman–Crippen LogP) is 3.22. The third kappa shape index (κ3) is 4.18. The fraction of sp³-hybridized carbons (Fsp3) is 0.350. The molecule has 140 valence electrons. The molecular weight excluding hydrogens is 340 g/mol. The van der Waals surface area contributed by atoms with Crippen LogP contribution in [0, 0.1) is 17.2 Å². The van der Waals surface area contributed by atoms with Gasteiger partial charge in [-0.15, -0.1) is 0 Å². The van der Waals surface area contributed by atoms with Crippen LogP contribution in [0.5, 0.6) is 5.75 Å². The highest BCUT2D eigenvalue weighted by molar-refractivity contribution is 5.91. The minimum atomic E-state index is -0.455. The summed E-state index contributed by atoms with van der Waals surface area (Å²) in [6.07, 6.45) is 2.51. The minimum absolute atomic E-state index is 0.304. The van der Waals surface area contributed by atoms with E-state index in [4.69, 9.17) is 16.2 Å². The Morgan fingerprint density at radius 2 is 2.11 bits per heavy atom. The maximum atomic E-state index is 9.57. The second-order valence-corrected chi connectivity index (χ2v) is 7.54. The van der Waals surface area contributed by atoms with Gasteiger partial charge in [-0.05, 0) is 43.0 Å². The molecule has 27 heavy (non-hydrogen) atoms. The summed E-state index contributed by atoms with van der Waals surface area (Å²) in [4.78, 5) is 11.4. The smallest absolute Gasteiger partial charge is 0.199 e. The fourth-order valence-electron chi connectivity index (χ4n) is 3.31. The minimum Gasteiger partial charge on any atom is -0.490 e. The molecule has 0 bridgehead atoms. The van der Waals surface area contributed by atoms with Crippen LogP contribution in [0.1, 0.15) is 32.8 Å². The summed E-state index contributed by atoms with van der Waals surface area (Å²) >= 11 is 0. The van der Waals surface area contributed by atoms with Crippen molar-refractivity contribution in [3.05, 3.63) is 36.0 Å². The van der Waals surface area contributed by atoms with Gasteiger partial charge in [0.05, 0.1) is 5.56 Å². The van der Waals surface area contributed by atoms with Crippen molar-refractivity contribution < 1.29 is 4.74 Å². The molecule has 0 saturated carbocycles. The quantitative estimate of drug-likeness (QED) is 0.616. The number of H-pyrrole nitrogens is 1. The number of hydrogen-bond donors (Lipinski definition) is 3.